The first-order valence-electron chi connectivity index (χ1n) is 6.70. The van der Waals surface area contributed by atoms with Gasteiger partial charge in [0, 0.05) is 13.1 Å². The topological polar surface area (TPSA) is 66.5 Å². The van der Waals surface area contributed by atoms with Gasteiger partial charge in [-0.2, -0.15) is 0 Å². The Balaban J connectivity index is 1.90. The standard InChI is InChI=1S/C12H22N2O3S/c1-10-12(15)14(6-2-5-13-10)9-11-3-7-18(16,17)8-4-11/h10-11,13H,2-9H2,1H3. The molecule has 0 spiro atoms. The van der Waals surface area contributed by atoms with Crippen molar-refractivity contribution in [1.29, 1.82) is 0 Å². The SMILES string of the molecule is CC1NCCCN(CC2CCS(=O)(=O)CC2)C1=O. The molecular weight excluding hydrogens is 252 g/mol. The van der Waals surface area contributed by atoms with E-state index in [-0.39, 0.29) is 23.5 Å². The number of hydrogen-bond donors (Lipinski definition) is 1. The van der Waals surface area contributed by atoms with E-state index < -0.39 is 9.84 Å². The molecule has 0 bridgehead atoms. The highest BCUT2D eigenvalue weighted by molar-refractivity contribution is 7.91. The van der Waals surface area contributed by atoms with Gasteiger partial charge in [-0.05, 0) is 38.6 Å². The second-order valence-corrected chi connectivity index (χ2v) is 7.71. The molecule has 2 heterocycles. The van der Waals surface area contributed by atoms with E-state index in [1.165, 1.54) is 0 Å². The normalized spacial score (nSPS) is 30.2. The van der Waals surface area contributed by atoms with Crippen LogP contribution in [0.1, 0.15) is 26.2 Å². The highest BCUT2D eigenvalue weighted by atomic mass is 32.2. The van der Waals surface area contributed by atoms with Gasteiger partial charge in [-0.1, -0.05) is 0 Å². The van der Waals surface area contributed by atoms with Crippen LogP contribution in [0.3, 0.4) is 0 Å². The Kier molecular flexibility index (Phi) is 4.27. The highest BCUT2D eigenvalue weighted by Gasteiger charge is 2.29. The van der Waals surface area contributed by atoms with Gasteiger partial charge >= 0.3 is 0 Å². The van der Waals surface area contributed by atoms with E-state index >= 15 is 0 Å². The van der Waals surface area contributed by atoms with Crippen molar-refractivity contribution in [3.63, 3.8) is 0 Å². The van der Waals surface area contributed by atoms with Crippen molar-refractivity contribution in [2.75, 3.05) is 31.1 Å². The average Bonchev–Trinajstić information content (AvgIpc) is 2.47. The first-order valence-corrected chi connectivity index (χ1v) is 8.53. The number of carbonyl (C=O) groups is 1. The lowest BCUT2D eigenvalue weighted by atomic mass is 10.0. The van der Waals surface area contributed by atoms with Crippen molar-refractivity contribution in [1.82, 2.24) is 10.2 Å². The molecule has 0 aromatic heterocycles. The summed E-state index contributed by atoms with van der Waals surface area (Å²) in [5.41, 5.74) is 0. The summed E-state index contributed by atoms with van der Waals surface area (Å²) in [6.07, 6.45) is 2.38. The Morgan fingerprint density at radius 1 is 1.33 bits per heavy atom. The second-order valence-electron chi connectivity index (χ2n) is 5.41. The number of nitrogens with one attached hydrogen (secondary N) is 1. The molecule has 1 unspecified atom stereocenters. The Morgan fingerprint density at radius 3 is 2.67 bits per heavy atom. The van der Waals surface area contributed by atoms with Crippen LogP contribution in [0.5, 0.6) is 0 Å². The third-order valence-corrected chi connectivity index (χ3v) is 5.61. The van der Waals surface area contributed by atoms with Crippen LogP contribution in [-0.2, 0) is 14.6 Å². The minimum atomic E-state index is -2.80. The molecule has 1 N–H and O–H groups in total. The van der Waals surface area contributed by atoms with Gasteiger partial charge in [0.05, 0.1) is 17.5 Å². The summed E-state index contributed by atoms with van der Waals surface area (Å²) in [6.45, 7) is 4.29. The van der Waals surface area contributed by atoms with Crippen LogP contribution >= 0.6 is 0 Å². The van der Waals surface area contributed by atoms with Gasteiger partial charge in [0.15, 0.2) is 0 Å². The van der Waals surface area contributed by atoms with E-state index in [1.54, 1.807) is 0 Å². The van der Waals surface area contributed by atoms with Gasteiger partial charge in [0.1, 0.15) is 9.84 Å². The Labute approximate surface area is 109 Å². The molecule has 6 heteroatoms. The minimum absolute atomic E-state index is 0.111. The first-order chi connectivity index (χ1) is 8.48. The summed E-state index contributed by atoms with van der Waals surface area (Å²) in [4.78, 5) is 14.0. The van der Waals surface area contributed by atoms with Crippen LogP contribution in [0.4, 0.5) is 0 Å². The van der Waals surface area contributed by atoms with Crippen LogP contribution in [0, 0.1) is 5.92 Å². The molecule has 2 fully saturated rings. The molecular formula is C12H22N2O3S. The van der Waals surface area contributed by atoms with Crippen LogP contribution < -0.4 is 5.32 Å². The fourth-order valence-electron chi connectivity index (χ4n) is 2.67. The van der Waals surface area contributed by atoms with Crippen molar-refractivity contribution in [3.8, 4) is 0 Å². The third-order valence-electron chi connectivity index (χ3n) is 3.89. The van der Waals surface area contributed by atoms with E-state index in [2.05, 4.69) is 5.32 Å². The summed E-state index contributed by atoms with van der Waals surface area (Å²) in [5, 5.41) is 3.19. The molecule has 0 aromatic rings. The van der Waals surface area contributed by atoms with Crippen LogP contribution in [0.2, 0.25) is 0 Å². The van der Waals surface area contributed by atoms with Crippen LogP contribution in [-0.4, -0.2) is 56.4 Å². The number of sulfone groups is 1. The lowest BCUT2D eigenvalue weighted by molar-refractivity contribution is -0.132. The van der Waals surface area contributed by atoms with Gasteiger partial charge in [-0.25, -0.2) is 8.42 Å². The molecule has 104 valence electrons. The molecule has 2 aliphatic heterocycles. The summed E-state index contributed by atoms with van der Waals surface area (Å²) in [5.74, 6) is 1.07. The summed E-state index contributed by atoms with van der Waals surface area (Å²) in [6, 6.07) is -0.111. The van der Waals surface area contributed by atoms with Gasteiger partial charge in [-0.3, -0.25) is 4.79 Å². The van der Waals surface area contributed by atoms with Crippen molar-refractivity contribution in [2.24, 2.45) is 5.92 Å². The van der Waals surface area contributed by atoms with E-state index in [4.69, 9.17) is 0 Å². The summed E-state index contributed by atoms with van der Waals surface area (Å²) in [7, 11) is -2.80. The second kappa shape index (κ2) is 5.57. The maximum absolute atomic E-state index is 12.1. The first kappa shape index (κ1) is 13.8. The van der Waals surface area contributed by atoms with E-state index in [0.717, 1.165) is 26.1 Å². The average molecular weight is 274 g/mol. The summed E-state index contributed by atoms with van der Waals surface area (Å²) >= 11 is 0. The lowest BCUT2D eigenvalue weighted by Gasteiger charge is -2.29. The fraction of sp³-hybridized carbons (Fsp3) is 0.917. The van der Waals surface area contributed by atoms with Gasteiger partial charge < -0.3 is 10.2 Å². The smallest absolute Gasteiger partial charge is 0.239 e. The number of carbonyl (C=O) groups excluding carboxylic acids is 1. The highest BCUT2D eigenvalue weighted by Crippen LogP contribution is 2.20. The molecule has 18 heavy (non-hydrogen) atoms. The molecule has 0 aliphatic carbocycles. The van der Waals surface area contributed by atoms with Gasteiger partial charge in [0.25, 0.3) is 0 Å². The number of hydrogen-bond acceptors (Lipinski definition) is 4. The zero-order chi connectivity index (χ0) is 13.2. The van der Waals surface area contributed by atoms with E-state index in [0.29, 0.717) is 18.8 Å². The molecule has 5 nitrogen and oxygen atoms in total. The molecule has 2 rings (SSSR count). The Bertz CT molecular complexity index is 394. The zero-order valence-electron chi connectivity index (χ0n) is 10.9. The zero-order valence-corrected chi connectivity index (χ0v) is 11.7. The third kappa shape index (κ3) is 3.45. The predicted octanol–water partition coefficient (Wildman–Crippen LogP) is 0.0216. The molecule has 0 radical (unpaired) electrons. The van der Waals surface area contributed by atoms with Crippen molar-refractivity contribution in [2.45, 2.75) is 32.2 Å². The Hall–Kier alpha value is -0.620. The summed E-state index contributed by atoms with van der Waals surface area (Å²) < 4.78 is 22.7. The molecule has 0 saturated carbocycles. The molecule has 1 amide bonds. The lowest BCUT2D eigenvalue weighted by Crippen LogP contribution is -2.44. The van der Waals surface area contributed by atoms with Gasteiger partial charge in [0.2, 0.25) is 5.91 Å². The molecule has 2 saturated heterocycles. The number of amides is 1. The van der Waals surface area contributed by atoms with E-state index in [9.17, 15) is 13.2 Å². The van der Waals surface area contributed by atoms with Crippen molar-refractivity contribution in [3.05, 3.63) is 0 Å². The largest absolute Gasteiger partial charge is 0.341 e. The minimum Gasteiger partial charge on any atom is -0.341 e. The quantitative estimate of drug-likeness (QED) is 0.771. The fourth-order valence-corrected chi connectivity index (χ4v) is 4.26. The molecule has 2 aliphatic rings. The molecule has 0 aromatic carbocycles. The van der Waals surface area contributed by atoms with E-state index in [1.807, 2.05) is 11.8 Å². The van der Waals surface area contributed by atoms with Gasteiger partial charge in [-0.15, -0.1) is 0 Å². The maximum atomic E-state index is 12.1. The van der Waals surface area contributed by atoms with Crippen molar-refractivity contribution < 1.29 is 13.2 Å². The number of rotatable bonds is 2. The maximum Gasteiger partial charge on any atom is 0.239 e. The predicted molar refractivity (Wildman–Crippen MR) is 70.0 cm³/mol. The van der Waals surface area contributed by atoms with Crippen LogP contribution in [0.25, 0.3) is 0 Å². The molecule has 1 atom stereocenters. The van der Waals surface area contributed by atoms with Crippen molar-refractivity contribution >= 4 is 15.7 Å². The monoisotopic (exact) mass is 274 g/mol. The van der Waals surface area contributed by atoms with Crippen LogP contribution in [0.15, 0.2) is 0 Å². The Morgan fingerprint density at radius 2 is 2.00 bits per heavy atom. The number of nitrogens with zero attached hydrogens (tertiary/aromatic N) is 1.